The van der Waals surface area contributed by atoms with Crippen LogP contribution in [0.5, 0.6) is 0 Å². The molecule has 1 fully saturated rings. The van der Waals surface area contributed by atoms with Crippen LogP contribution in [0.4, 0.5) is 5.69 Å². The molecule has 19 heavy (non-hydrogen) atoms. The minimum atomic E-state index is -0.119. The number of benzene rings is 1. The van der Waals surface area contributed by atoms with E-state index in [0.29, 0.717) is 0 Å². The molecule has 2 rings (SSSR count). The fourth-order valence-corrected chi connectivity index (χ4v) is 2.85. The van der Waals surface area contributed by atoms with Gasteiger partial charge in [-0.25, -0.2) is 0 Å². The van der Waals surface area contributed by atoms with Crippen LogP contribution in [0.2, 0.25) is 5.02 Å². The van der Waals surface area contributed by atoms with Gasteiger partial charge in [0.1, 0.15) is 0 Å². The number of halogens is 1. The van der Waals surface area contributed by atoms with Crippen molar-refractivity contribution in [3.05, 3.63) is 28.8 Å². The Morgan fingerprint density at radius 2 is 2.21 bits per heavy atom. The third-order valence-corrected chi connectivity index (χ3v) is 3.64. The minimum absolute atomic E-state index is 0.119. The second kappa shape index (κ2) is 5.70. The maximum Gasteiger partial charge on any atom is 0.0801 e. The number of hydrogen-bond acceptors (Lipinski definition) is 3. The molecule has 2 N–H and O–H groups in total. The number of anilines is 1. The summed E-state index contributed by atoms with van der Waals surface area (Å²) in [7, 11) is 0. The average molecular weight is 283 g/mol. The van der Waals surface area contributed by atoms with Gasteiger partial charge in [0.2, 0.25) is 0 Å². The number of nitrogens with zero attached hydrogens (tertiary/aromatic N) is 1. The summed E-state index contributed by atoms with van der Waals surface area (Å²) >= 11 is 6.42. The number of morpholine rings is 1. The molecule has 1 aliphatic rings. The standard InChI is InChI=1S/C15H23ClN2O/c1-11(17)8-12-4-5-14(13(16)9-12)18-6-7-19-15(2,3)10-18/h4-5,9,11H,6-8,10,17H2,1-3H3. The van der Waals surface area contributed by atoms with E-state index in [1.165, 1.54) is 5.56 Å². The predicted octanol–water partition coefficient (Wildman–Crippen LogP) is 2.84. The zero-order valence-corrected chi connectivity index (χ0v) is 12.7. The Morgan fingerprint density at radius 3 is 2.79 bits per heavy atom. The van der Waals surface area contributed by atoms with Crippen LogP contribution >= 0.6 is 11.6 Å². The maximum atomic E-state index is 6.42. The third kappa shape index (κ3) is 3.85. The summed E-state index contributed by atoms with van der Waals surface area (Å²) in [5.74, 6) is 0. The van der Waals surface area contributed by atoms with E-state index >= 15 is 0 Å². The molecule has 0 aliphatic carbocycles. The largest absolute Gasteiger partial charge is 0.372 e. The van der Waals surface area contributed by atoms with Gasteiger partial charge in [-0.2, -0.15) is 0 Å². The van der Waals surface area contributed by atoms with Crippen molar-refractivity contribution >= 4 is 17.3 Å². The van der Waals surface area contributed by atoms with Gasteiger partial charge in [0.25, 0.3) is 0 Å². The number of nitrogens with two attached hydrogens (primary N) is 1. The average Bonchev–Trinajstić information content (AvgIpc) is 2.26. The molecule has 0 radical (unpaired) electrons. The van der Waals surface area contributed by atoms with E-state index in [4.69, 9.17) is 22.1 Å². The van der Waals surface area contributed by atoms with Gasteiger partial charge in [0, 0.05) is 19.1 Å². The zero-order valence-electron chi connectivity index (χ0n) is 11.9. The Bertz CT molecular complexity index is 446. The lowest BCUT2D eigenvalue weighted by molar-refractivity contribution is -0.0276. The quantitative estimate of drug-likeness (QED) is 0.926. The molecule has 0 bridgehead atoms. The number of ether oxygens (including phenoxy) is 1. The maximum absolute atomic E-state index is 6.42. The van der Waals surface area contributed by atoms with E-state index in [-0.39, 0.29) is 11.6 Å². The minimum Gasteiger partial charge on any atom is -0.372 e. The molecule has 0 aromatic heterocycles. The van der Waals surface area contributed by atoms with Crippen molar-refractivity contribution in [1.29, 1.82) is 0 Å². The van der Waals surface area contributed by atoms with Crippen molar-refractivity contribution in [3.8, 4) is 0 Å². The van der Waals surface area contributed by atoms with Crippen molar-refractivity contribution in [1.82, 2.24) is 0 Å². The normalized spacial score (nSPS) is 20.4. The van der Waals surface area contributed by atoms with E-state index in [9.17, 15) is 0 Å². The van der Waals surface area contributed by atoms with Gasteiger partial charge in [0.15, 0.2) is 0 Å². The Kier molecular flexibility index (Phi) is 4.39. The molecule has 0 spiro atoms. The fraction of sp³-hybridized carbons (Fsp3) is 0.600. The number of rotatable bonds is 3. The molecule has 0 saturated carbocycles. The van der Waals surface area contributed by atoms with E-state index in [1.807, 2.05) is 13.0 Å². The monoisotopic (exact) mass is 282 g/mol. The van der Waals surface area contributed by atoms with Crippen LogP contribution in [0.15, 0.2) is 18.2 Å². The zero-order chi connectivity index (χ0) is 14.0. The molecular formula is C15H23ClN2O. The SMILES string of the molecule is CC(N)Cc1ccc(N2CCOC(C)(C)C2)c(Cl)c1. The van der Waals surface area contributed by atoms with Crippen molar-refractivity contribution < 1.29 is 4.74 Å². The van der Waals surface area contributed by atoms with Gasteiger partial charge < -0.3 is 15.4 Å². The second-order valence-corrected chi connectivity index (χ2v) is 6.40. The Hall–Kier alpha value is -0.770. The van der Waals surface area contributed by atoms with Crippen LogP contribution in [0.25, 0.3) is 0 Å². The Labute approximate surface area is 120 Å². The van der Waals surface area contributed by atoms with Crippen molar-refractivity contribution in [2.24, 2.45) is 5.73 Å². The first-order valence-corrected chi connectivity index (χ1v) is 7.18. The first-order valence-electron chi connectivity index (χ1n) is 6.80. The van der Waals surface area contributed by atoms with Crippen LogP contribution in [-0.2, 0) is 11.2 Å². The number of hydrogen-bond donors (Lipinski definition) is 1. The van der Waals surface area contributed by atoms with Crippen LogP contribution in [0.3, 0.4) is 0 Å². The molecule has 4 heteroatoms. The van der Waals surface area contributed by atoms with Crippen molar-refractivity contribution in [3.63, 3.8) is 0 Å². The van der Waals surface area contributed by atoms with Crippen molar-refractivity contribution in [2.45, 2.75) is 38.8 Å². The van der Waals surface area contributed by atoms with Gasteiger partial charge in [-0.3, -0.25) is 0 Å². The van der Waals surface area contributed by atoms with Gasteiger partial charge in [0.05, 0.1) is 22.9 Å². The van der Waals surface area contributed by atoms with E-state index < -0.39 is 0 Å². The van der Waals surface area contributed by atoms with E-state index in [0.717, 1.165) is 36.8 Å². The molecule has 1 aromatic carbocycles. The van der Waals surface area contributed by atoms with Gasteiger partial charge >= 0.3 is 0 Å². The summed E-state index contributed by atoms with van der Waals surface area (Å²) in [4.78, 5) is 2.29. The highest BCUT2D eigenvalue weighted by Crippen LogP contribution is 2.30. The van der Waals surface area contributed by atoms with Crippen LogP contribution < -0.4 is 10.6 Å². The molecule has 3 nitrogen and oxygen atoms in total. The molecule has 1 atom stereocenters. The van der Waals surface area contributed by atoms with Crippen molar-refractivity contribution in [2.75, 3.05) is 24.6 Å². The van der Waals surface area contributed by atoms with E-state index in [1.54, 1.807) is 0 Å². The predicted molar refractivity (Wildman–Crippen MR) is 81.0 cm³/mol. The lowest BCUT2D eigenvalue weighted by Gasteiger charge is -2.39. The lowest BCUT2D eigenvalue weighted by atomic mass is 10.0. The van der Waals surface area contributed by atoms with Gasteiger partial charge in [-0.05, 0) is 44.9 Å². The summed E-state index contributed by atoms with van der Waals surface area (Å²) in [6, 6.07) is 6.40. The molecule has 1 unspecified atom stereocenters. The topological polar surface area (TPSA) is 38.5 Å². The van der Waals surface area contributed by atoms with E-state index in [2.05, 4.69) is 30.9 Å². The highest BCUT2D eigenvalue weighted by Gasteiger charge is 2.28. The molecule has 1 heterocycles. The first-order chi connectivity index (χ1) is 8.87. The molecule has 106 valence electrons. The Balaban J connectivity index is 2.16. The summed E-state index contributed by atoms with van der Waals surface area (Å²) in [5, 5.41) is 0.802. The fourth-order valence-electron chi connectivity index (χ4n) is 2.53. The summed E-state index contributed by atoms with van der Waals surface area (Å²) < 4.78 is 5.73. The van der Waals surface area contributed by atoms with Crippen LogP contribution in [-0.4, -0.2) is 31.3 Å². The lowest BCUT2D eigenvalue weighted by Crippen LogP contribution is -2.48. The smallest absolute Gasteiger partial charge is 0.0801 e. The Morgan fingerprint density at radius 1 is 1.47 bits per heavy atom. The molecular weight excluding hydrogens is 260 g/mol. The van der Waals surface area contributed by atoms with Crippen LogP contribution in [0, 0.1) is 0 Å². The highest BCUT2D eigenvalue weighted by molar-refractivity contribution is 6.33. The molecule has 1 aliphatic heterocycles. The highest BCUT2D eigenvalue weighted by atomic mass is 35.5. The second-order valence-electron chi connectivity index (χ2n) is 6.00. The summed E-state index contributed by atoms with van der Waals surface area (Å²) in [6.07, 6.45) is 0.856. The van der Waals surface area contributed by atoms with Gasteiger partial charge in [-0.15, -0.1) is 0 Å². The summed E-state index contributed by atoms with van der Waals surface area (Å²) in [5.41, 5.74) is 7.98. The molecule has 1 aromatic rings. The van der Waals surface area contributed by atoms with Crippen LogP contribution in [0.1, 0.15) is 26.3 Å². The van der Waals surface area contributed by atoms with Gasteiger partial charge in [-0.1, -0.05) is 17.7 Å². The first kappa shape index (κ1) is 14.6. The molecule has 1 saturated heterocycles. The third-order valence-electron chi connectivity index (χ3n) is 3.34. The molecule has 0 amide bonds. The summed E-state index contributed by atoms with van der Waals surface area (Å²) in [6.45, 7) is 8.71.